The third-order valence-electron chi connectivity index (χ3n) is 15.9. The van der Waals surface area contributed by atoms with Gasteiger partial charge in [-0.25, -0.2) is 0 Å². The Morgan fingerprint density at radius 1 is 0.488 bits per heavy atom. The molecule has 0 aromatic carbocycles. The molecule has 0 aromatic rings. The maximum absolute atomic E-state index is 15.1. The van der Waals surface area contributed by atoms with E-state index in [0.29, 0.717) is 12.8 Å². The molecule has 1 rings (SSSR count). The van der Waals surface area contributed by atoms with Crippen LogP contribution in [-0.4, -0.2) is 227 Å². The topological polar surface area (TPSA) is 279 Å². The number of likely N-dealkylation sites (N-methyl/N-ethyl adjacent to an activating group) is 7. The molecule has 0 radical (unpaired) electrons. The van der Waals surface area contributed by atoms with Crippen LogP contribution >= 0.6 is 0 Å². The summed E-state index contributed by atoms with van der Waals surface area (Å²) >= 11 is 0. The number of hydrogen-bond acceptors (Lipinski definition) is 12. The van der Waals surface area contributed by atoms with Crippen molar-refractivity contribution in [1.29, 1.82) is 0 Å². The molecule has 1 aliphatic heterocycles. The van der Waals surface area contributed by atoms with Gasteiger partial charge in [-0.05, 0) is 94.8 Å². The maximum Gasteiger partial charge on any atom is 0.246 e. The highest BCUT2D eigenvalue weighted by molar-refractivity contribution is 5.99. The zero-order valence-corrected chi connectivity index (χ0v) is 55.2. The lowest BCUT2D eigenvalue weighted by molar-refractivity contribution is -0.157. The minimum absolute atomic E-state index is 0.0253. The second kappa shape index (κ2) is 34.7. The molecule has 1 aliphatic rings. The SMILES string of the molecule is C/C=C/C[C@@H](C)C(O)C1C(=O)N[C@@H](CC)C(=O)N(C)CC(=O)N(C)[C@@H](CCC)C(=O)N[C@@H](C(C)C)C(=O)N(C)[C@@H](CC(C)C)C(=O)N[C@@H](C)C(=O)N[C@H](C)C(=O)N(C)[C@@H](CC(C)C)C(=O)N(C)[C@@H](CC(C)C)C(=O)N(C)[C@@H](C(C)C)C(=O)N1C. The highest BCUT2D eigenvalue weighted by Crippen LogP contribution is 2.25. The van der Waals surface area contributed by atoms with Crippen LogP contribution in [0, 0.1) is 35.5 Å². The number of amides is 11. The Kier molecular flexibility index (Phi) is 31.4. The van der Waals surface area contributed by atoms with Crippen LogP contribution in [0.3, 0.4) is 0 Å². The van der Waals surface area contributed by atoms with Crippen molar-refractivity contribution in [1.82, 2.24) is 55.6 Å². The number of allylic oxidation sites excluding steroid dienone is 2. The zero-order valence-electron chi connectivity index (χ0n) is 55.2. The van der Waals surface area contributed by atoms with Gasteiger partial charge >= 0.3 is 0 Å². The largest absolute Gasteiger partial charge is 0.390 e. The van der Waals surface area contributed by atoms with E-state index in [4.69, 9.17) is 0 Å². The minimum atomic E-state index is -1.61. The van der Waals surface area contributed by atoms with Crippen LogP contribution < -0.4 is 21.3 Å². The maximum atomic E-state index is 15.1. The molecule has 11 amide bonds. The second-order valence-electron chi connectivity index (χ2n) is 25.3. The Morgan fingerprint density at radius 3 is 1.40 bits per heavy atom. The highest BCUT2D eigenvalue weighted by Gasteiger charge is 2.45. The summed E-state index contributed by atoms with van der Waals surface area (Å²) in [6.45, 7) is 27.4. The average Bonchev–Trinajstić information content (AvgIpc) is 3.46. The summed E-state index contributed by atoms with van der Waals surface area (Å²) in [5, 5.41) is 23.0. The van der Waals surface area contributed by atoms with Crippen LogP contribution in [-0.2, 0) is 52.7 Å². The number of nitrogens with zero attached hydrogens (tertiary/aromatic N) is 7. The van der Waals surface area contributed by atoms with Crippen molar-refractivity contribution in [3.63, 3.8) is 0 Å². The van der Waals surface area contributed by atoms with Crippen molar-refractivity contribution in [2.45, 2.75) is 222 Å². The molecule has 1 fully saturated rings. The Labute approximate surface area is 502 Å². The standard InChI is InChI=1S/C61H109N11O12/c1-24-27-29-39(14)51(74)50-55(78)64-42(26-3)57(80)66(17)33-47(73)67(18)43(28-25-2)53(76)65-48(37(10)11)60(83)68(19)44(30-34(4)5)54(77)62-40(15)52(75)63-41(16)56(79)69(20)45(31-35(6)7)58(81)70(21)46(32-36(8)9)59(82)71(22)49(38(12)13)61(84)72(50)23/h24,27,34-46,48-51,74H,25-26,28-33H2,1-23H3,(H,62,77)(H,63,75)(H,64,78)(H,65,76)/b27-24+/t39-,40+,41-,42+,43+,44+,45+,46+,48+,49+,50?,51?/m1/s1. The number of aliphatic hydroxyl groups is 1. The summed E-state index contributed by atoms with van der Waals surface area (Å²) < 4.78 is 0. The molecule has 23 nitrogen and oxygen atoms in total. The van der Waals surface area contributed by atoms with Crippen molar-refractivity contribution < 1.29 is 57.8 Å². The molecule has 5 N–H and O–H groups in total. The third kappa shape index (κ3) is 20.8. The summed E-state index contributed by atoms with van der Waals surface area (Å²) in [6.07, 6.45) is 3.51. The highest BCUT2D eigenvalue weighted by atomic mass is 16.3. The van der Waals surface area contributed by atoms with Crippen molar-refractivity contribution in [2.75, 3.05) is 55.9 Å². The first kappa shape index (κ1) is 75.9. The molecular weight excluding hydrogens is 1080 g/mol. The van der Waals surface area contributed by atoms with Gasteiger partial charge in [0.2, 0.25) is 65.0 Å². The fraction of sp³-hybridized carbons (Fsp3) is 0.787. The van der Waals surface area contributed by atoms with Crippen LogP contribution in [0.2, 0.25) is 0 Å². The number of carbonyl (C=O) groups excluding carboxylic acids is 11. The van der Waals surface area contributed by atoms with Crippen LogP contribution in [0.4, 0.5) is 0 Å². The summed E-state index contributed by atoms with van der Waals surface area (Å²) in [5.41, 5.74) is 0. The Morgan fingerprint density at radius 2 is 0.940 bits per heavy atom. The molecule has 2 unspecified atom stereocenters. The molecule has 12 atom stereocenters. The first-order valence-electron chi connectivity index (χ1n) is 30.2. The molecule has 0 aliphatic carbocycles. The lowest BCUT2D eigenvalue weighted by Crippen LogP contribution is -2.63. The molecular formula is C61H109N11O12. The van der Waals surface area contributed by atoms with E-state index in [9.17, 15) is 48.3 Å². The Hall–Kier alpha value is -6.13. The molecule has 0 spiro atoms. The Balaban J connectivity index is 4.29. The van der Waals surface area contributed by atoms with Crippen LogP contribution in [0.1, 0.15) is 156 Å². The number of nitrogens with one attached hydrogen (secondary N) is 4. The van der Waals surface area contributed by atoms with Crippen LogP contribution in [0.15, 0.2) is 12.2 Å². The van der Waals surface area contributed by atoms with E-state index < -0.39 is 156 Å². The van der Waals surface area contributed by atoms with Gasteiger partial charge in [-0.2, -0.15) is 0 Å². The fourth-order valence-corrected chi connectivity index (χ4v) is 10.6. The molecule has 0 saturated carbocycles. The van der Waals surface area contributed by atoms with Gasteiger partial charge in [0.15, 0.2) is 0 Å². The van der Waals surface area contributed by atoms with E-state index in [1.165, 1.54) is 87.7 Å². The average molecular weight is 1190 g/mol. The van der Waals surface area contributed by atoms with Gasteiger partial charge in [0.25, 0.3) is 0 Å². The molecule has 1 heterocycles. The van der Waals surface area contributed by atoms with Crippen molar-refractivity contribution >= 4 is 65.0 Å². The van der Waals surface area contributed by atoms with E-state index >= 15 is 9.59 Å². The summed E-state index contributed by atoms with van der Waals surface area (Å²) in [7, 11) is 9.90. The second-order valence-corrected chi connectivity index (χ2v) is 25.3. The number of aliphatic hydroxyl groups excluding tert-OH is 1. The van der Waals surface area contributed by atoms with Gasteiger partial charge in [0.1, 0.15) is 60.4 Å². The molecule has 0 bridgehead atoms. The number of carbonyl (C=O) groups is 11. The monoisotopic (exact) mass is 1190 g/mol. The van der Waals surface area contributed by atoms with Crippen LogP contribution in [0.25, 0.3) is 0 Å². The molecule has 1 saturated heterocycles. The first-order valence-corrected chi connectivity index (χ1v) is 30.2. The van der Waals surface area contributed by atoms with Gasteiger partial charge in [0, 0.05) is 49.3 Å². The molecule has 84 heavy (non-hydrogen) atoms. The summed E-state index contributed by atoms with van der Waals surface area (Å²) in [5.74, 6) is -9.54. The zero-order chi connectivity index (χ0) is 65.1. The molecule has 480 valence electrons. The van der Waals surface area contributed by atoms with E-state index in [0.717, 1.165) is 9.80 Å². The van der Waals surface area contributed by atoms with Crippen molar-refractivity contribution in [3.05, 3.63) is 12.2 Å². The van der Waals surface area contributed by atoms with Gasteiger partial charge in [0.05, 0.1) is 12.6 Å². The van der Waals surface area contributed by atoms with E-state index in [-0.39, 0.29) is 49.9 Å². The minimum Gasteiger partial charge on any atom is -0.390 e. The fourth-order valence-electron chi connectivity index (χ4n) is 10.6. The smallest absolute Gasteiger partial charge is 0.246 e. The first-order chi connectivity index (χ1) is 38.9. The Bertz CT molecular complexity index is 2290. The molecule has 23 heteroatoms. The van der Waals surface area contributed by atoms with Crippen LogP contribution in [0.5, 0.6) is 0 Å². The van der Waals surface area contributed by atoms with Gasteiger partial charge in [-0.15, -0.1) is 0 Å². The summed E-state index contributed by atoms with van der Waals surface area (Å²) in [6, 6.07) is -12.3. The lowest BCUT2D eigenvalue weighted by atomic mass is 9.91. The van der Waals surface area contributed by atoms with E-state index in [1.54, 1.807) is 60.6 Å². The molecule has 0 aromatic heterocycles. The summed E-state index contributed by atoms with van der Waals surface area (Å²) in [4.78, 5) is 168. The van der Waals surface area contributed by atoms with Crippen molar-refractivity contribution in [3.8, 4) is 0 Å². The quantitative estimate of drug-likeness (QED) is 0.148. The van der Waals surface area contributed by atoms with Crippen molar-refractivity contribution in [2.24, 2.45) is 35.5 Å². The third-order valence-corrected chi connectivity index (χ3v) is 15.9. The number of hydrogen-bond donors (Lipinski definition) is 5. The number of rotatable bonds is 15. The van der Waals surface area contributed by atoms with Gasteiger partial charge in [-0.3, -0.25) is 52.7 Å². The van der Waals surface area contributed by atoms with E-state index in [1.807, 2.05) is 48.5 Å². The van der Waals surface area contributed by atoms with Gasteiger partial charge < -0.3 is 60.7 Å². The van der Waals surface area contributed by atoms with Gasteiger partial charge in [-0.1, -0.05) is 109 Å². The van der Waals surface area contributed by atoms with E-state index in [2.05, 4.69) is 21.3 Å². The predicted octanol–water partition coefficient (Wildman–Crippen LogP) is 3.02. The normalized spacial score (nSPS) is 27.0. The lowest BCUT2D eigenvalue weighted by Gasteiger charge is -2.41. The predicted molar refractivity (Wildman–Crippen MR) is 324 cm³/mol.